The van der Waals surface area contributed by atoms with Gasteiger partial charge in [-0.05, 0) is 47.0 Å². The molecule has 2 rings (SSSR count). The van der Waals surface area contributed by atoms with E-state index in [1.54, 1.807) is 0 Å². The van der Waals surface area contributed by atoms with E-state index >= 15 is 0 Å². The van der Waals surface area contributed by atoms with Crippen LogP contribution >= 0.6 is 31.9 Å². The molecule has 0 bridgehead atoms. The van der Waals surface area contributed by atoms with Crippen molar-refractivity contribution in [2.24, 2.45) is 12.9 Å². The molecule has 1 heterocycles. The first-order chi connectivity index (χ1) is 9.51. The van der Waals surface area contributed by atoms with Gasteiger partial charge in [0.15, 0.2) is 0 Å². The number of nitrogens with zero attached hydrogens (tertiary/aromatic N) is 2. The highest BCUT2D eigenvalue weighted by atomic mass is 79.9. The molecule has 3 N–H and O–H groups in total. The van der Waals surface area contributed by atoms with Gasteiger partial charge in [-0.2, -0.15) is 5.10 Å². The van der Waals surface area contributed by atoms with Crippen LogP contribution in [0.15, 0.2) is 33.2 Å². The molecule has 20 heavy (non-hydrogen) atoms. The van der Waals surface area contributed by atoms with Crippen molar-refractivity contribution in [2.75, 3.05) is 0 Å². The second-order valence-corrected chi connectivity index (χ2v) is 6.58. The van der Waals surface area contributed by atoms with E-state index in [1.807, 2.05) is 30.8 Å². The van der Waals surface area contributed by atoms with Crippen LogP contribution in [-0.2, 0) is 19.9 Å². The fourth-order valence-electron chi connectivity index (χ4n) is 2.23. The largest absolute Gasteiger partial charge is 0.271 e. The number of halogens is 2. The molecule has 0 amide bonds. The zero-order valence-electron chi connectivity index (χ0n) is 11.5. The molecule has 1 unspecified atom stereocenters. The monoisotopic (exact) mass is 400 g/mol. The molecule has 0 radical (unpaired) electrons. The number of rotatable bonds is 5. The first kappa shape index (κ1) is 15.7. The Labute approximate surface area is 136 Å². The summed E-state index contributed by atoms with van der Waals surface area (Å²) in [7, 11) is 1.96. The summed E-state index contributed by atoms with van der Waals surface area (Å²) in [5.74, 6) is 5.70. The third kappa shape index (κ3) is 3.69. The van der Waals surface area contributed by atoms with E-state index in [0.717, 1.165) is 33.2 Å². The van der Waals surface area contributed by atoms with Crippen LogP contribution in [0.3, 0.4) is 0 Å². The minimum absolute atomic E-state index is 0.169. The number of nitrogens with one attached hydrogen (secondary N) is 1. The van der Waals surface area contributed by atoms with E-state index in [9.17, 15) is 0 Å². The summed E-state index contributed by atoms with van der Waals surface area (Å²) in [5, 5.41) is 4.41. The van der Waals surface area contributed by atoms with Gasteiger partial charge in [0.25, 0.3) is 0 Å². The molecule has 0 spiro atoms. The van der Waals surface area contributed by atoms with Crippen molar-refractivity contribution in [3.63, 3.8) is 0 Å². The van der Waals surface area contributed by atoms with Crippen LogP contribution in [0, 0.1) is 6.92 Å². The van der Waals surface area contributed by atoms with Gasteiger partial charge in [-0.1, -0.05) is 28.1 Å². The van der Waals surface area contributed by atoms with Crippen molar-refractivity contribution in [1.82, 2.24) is 15.2 Å². The lowest BCUT2D eigenvalue weighted by atomic mass is 10.0. The Bertz CT molecular complexity index is 578. The van der Waals surface area contributed by atoms with Crippen molar-refractivity contribution in [3.8, 4) is 0 Å². The molecule has 0 aliphatic carbocycles. The Kier molecular flexibility index (Phi) is 5.37. The zero-order valence-corrected chi connectivity index (χ0v) is 14.7. The van der Waals surface area contributed by atoms with Crippen molar-refractivity contribution in [2.45, 2.75) is 25.8 Å². The standard InChI is InChI=1S/C14H18Br2N4/c1-9-14(16)13(20(2)19-9)8-12(18-17)7-10-3-5-11(15)6-4-10/h3-6,12,18H,7-8,17H2,1-2H3. The number of hydrogen-bond acceptors (Lipinski definition) is 3. The van der Waals surface area contributed by atoms with Crippen LogP contribution < -0.4 is 11.3 Å². The molecule has 1 atom stereocenters. The van der Waals surface area contributed by atoms with E-state index in [1.165, 1.54) is 5.56 Å². The van der Waals surface area contributed by atoms with Crippen molar-refractivity contribution < 1.29 is 0 Å². The minimum Gasteiger partial charge on any atom is -0.271 e. The quantitative estimate of drug-likeness (QED) is 0.598. The molecule has 1 aromatic heterocycles. The number of benzene rings is 1. The van der Waals surface area contributed by atoms with Gasteiger partial charge in [0.1, 0.15) is 0 Å². The van der Waals surface area contributed by atoms with Crippen molar-refractivity contribution >= 4 is 31.9 Å². The Balaban J connectivity index is 2.11. The number of nitrogens with two attached hydrogens (primary N) is 1. The SMILES string of the molecule is Cc1nn(C)c(CC(Cc2ccc(Br)cc2)NN)c1Br. The van der Waals surface area contributed by atoms with Gasteiger partial charge in [0.05, 0.1) is 15.9 Å². The van der Waals surface area contributed by atoms with E-state index in [-0.39, 0.29) is 6.04 Å². The molecular formula is C14H18Br2N4. The van der Waals surface area contributed by atoms with E-state index in [4.69, 9.17) is 5.84 Å². The predicted octanol–water partition coefficient (Wildman–Crippen LogP) is 2.87. The summed E-state index contributed by atoms with van der Waals surface area (Å²) in [4.78, 5) is 0. The Hall–Kier alpha value is -0.690. The topological polar surface area (TPSA) is 55.9 Å². The Morgan fingerprint density at radius 1 is 1.25 bits per heavy atom. The summed E-state index contributed by atoms with van der Waals surface area (Å²) < 4.78 is 4.06. The highest BCUT2D eigenvalue weighted by Gasteiger charge is 2.16. The molecule has 0 fully saturated rings. The Morgan fingerprint density at radius 3 is 2.40 bits per heavy atom. The lowest BCUT2D eigenvalue weighted by molar-refractivity contribution is 0.504. The molecular weight excluding hydrogens is 384 g/mol. The molecule has 1 aromatic carbocycles. The lowest BCUT2D eigenvalue weighted by Crippen LogP contribution is -2.39. The summed E-state index contributed by atoms with van der Waals surface area (Å²) in [5.41, 5.74) is 6.32. The zero-order chi connectivity index (χ0) is 14.7. The van der Waals surface area contributed by atoms with Crippen LogP contribution in [0.4, 0.5) is 0 Å². The van der Waals surface area contributed by atoms with Gasteiger partial charge in [0.2, 0.25) is 0 Å². The van der Waals surface area contributed by atoms with Gasteiger partial charge in [-0.25, -0.2) is 0 Å². The minimum atomic E-state index is 0.169. The second kappa shape index (κ2) is 6.85. The van der Waals surface area contributed by atoms with E-state index in [2.05, 4.69) is 54.5 Å². The van der Waals surface area contributed by atoms with Crippen LogP contribution in [0.5, 0.6) is 0 Å². The summed E-state index contributed by atoms with van der Waals surface area (Å²) in [6.07, 6.45) is 1.70. The molecule has 6 heteroatoms. The fourth-order valence-corrected chi connectivity index (χ4v) is 2.99. The van der Waals surface area contributed by atoms with Crippen LogP contribution in [-0.4, -0.2) is 15.8 Å². The maximum Gasteiger partial charge on any atom is 0.0738 e. The number of hydrogen-bond donors (Lipinski definition) is 2. The highest BCUT2D eigenvalue weighted by molar-refractivity contribution is 9.10. The second-order valence-electron chi connectivity index (χ2n) is 4.87. The third-order valence-corrected chi connectivity index (χ3v) is 4.89. The first-order valence-corrected chi connectivity index (χ1v) is 7.98. The summed E-state index contributed by atoms with van der Waals surface area (Å²) >= 11 is 7.04. The van der Waals surface area contributed by atoms with Crippen LogP contribution in [0.2, 0.25) is 0 Å². The molecule has 0 saturated heterocycles. The number of aryl methyl sites for hydroxylation is 2. The normalized spacial score (nSPS) is 12.7. The average Bonchev–Trinajstić information content (AvgIpc) is 2.66. The van der Waals surface area contributed by atoms with Gasteiger partial charge < -0.3 is 0 Å². The third-order valence-electron chi connectivity index (χ3n) is 3.33. The van der Waals surface area contributed by atoms with Crippen molar-refractivity contribution in [3.05, 3.63) is 50.2 Å². The van der Waals surface area contributed by atoms with E-state index < -0.39 is 0 Å². The maximum atomic E-state index is 5.70. The number of aromatic nitrogens is 2. The summed E-state index contributed by atoms with van der Waals surface area (Å²) in [6.45, 7) is 1.99. The molecule has 0 aliphatic heterocycles. The Morgan fingerprint density at radius 2 is 1.90 bits per heavy atom. The molecule has 4 nitrogen and oxygen atoms in total. The van der Waals surface area contributed by atoms with Crippen LogP contribution in [0.1, 0.15) is 17.0 Å². The van der Waals surface area contributed by atoms with Gasteiger partial charge in [0, 0.05) is 24.0 Å². The van der Waals surface area contributed by atoms with Crippen molar-refractivity contribution in [1.29, 1.82) is 0 Å². The van der Waals surface area contributed by atoms with Gasteiger partial charge in [-0.3, -0.25) is 16.0 Å². The smallest absolute Gasteiger partial charge is 0.0738 e. The maximum absolute atomic E-state index is 5.70. The lowest BCUT2D eigenvalue weighted by Gasteiger charge is -2.16. The van der Waals surface area contributed by atoms with E-state index in [0.29, 0.717) is 0 Å². The summed E-state index contributed by atoms with van der Waals surface area (Å²) in [6, 6.07) is 8.48. The molecule has 108 valence electrons. The molecule has 0 saturated carbocycles. The molecule has 2 aromatic rings. The van der Waals surface area contributed by atoms with Gasteiger partial charge >= 0.3 is 0 Å². The highest BCUT2D eigenvalue weighted by Crippen LogP contribution is 2.22. The predicted molar refractivity (Wildman–Crippen MR) is 88.3 cm³/mol. The van der Waals surface area contributed by atoms with Gasteiger partial charge in [-0.15, -0.1) is 0 Å². The van der Waals surface area contributed by atoms with Crippen LogP contribution in [0.25, 0.3) is 0 Å². The fraction of sp³-hybridized carbons (Fsp3) is 0.357. The number of hydrazine groups is 1. The first-order valence-electron chi connectivity index (χ1n) is 6.39. The average molecular weight is 402 g/mol. The molecule has 0 aliphatic rings.